The molecule has 0 aliphatic heterocycles. The third-order valence-electron chi connectivity index (χ3n) is 2.57. The lowest BCUT2D eigenvalue weighted by Crippen LogP contribution is -2.07. The lowest BCUT2D eigenvalue weighted by Gasteiger charge is -2.10. The minimum atomic E-state index is -4.38. The number of pyridine rings is 2. The van der Waals surface area contributed by atoms with E-state index in [1.165, 1.54) is 7.11 Å². The van der Waals surface area contributed by atoms with E-state index in [-0.39, 0.29) is 5.82 Å². The van der Waals surface area contributed by atoms with Crippen molar-refractivity contribution in [1.82, 2.24) is 9.97 Å². The maximum absolute atomic E-state index is 12.5. The quantitative estimate of drug-likeness (QED) is 0.936. The second kappa shape index (κ2) is 5.77. The van der Waals surface area contributed by atoms with Gasteiger partial charge in [0.2, 0.25) is 5.88 Å². The molecule has 0 unspecified atom stereocenters. The number of methoxy groups -OCH3 is 1. The van der Waals surface area contributed by atoms with E-state index in [1.807, 2.05) is 0 Å². The first-order valence-electron chi connectivity index (χ1n) is 5.75. The lowest BCUT2D eigenvalue weighted by molar-refractivity contribution is -0.137. The average Bonchev–Trinajstić information content (AvgIpc) is 2.45. The summed E-state index contributed by atoms with van der Waals surface area (Å²) in [7, 11) is 1.49. The number of aromatic nitrogens is 2. The summed E-state index contributed by atoms with van der Waals surface area (Å²) in [6, 6.07) is 5.34. The normalized spacial score (nSPS) is 11.2. The molecule has 7 heteroatoms. The molecule has 0 spiro atoms. The molecule has 20 heavy (non-hydrogen) atoms. The van der Waals surface area contributed by atoms with E-state index in [0.29, 0.717) is 12.4 Å². The maximum Gasteiger partial charge on any atom is 0.416 e. The zero-order valence-electron chi connectivity index (χ0n) is 10.6. The number of nitrogens with one attached hydrogen (secondary N) is 1. The van der Waals surface area contributed by atoms with Crippen LogP contribution in [0, 0.1) is 0 Å². The molecule has 2 rings (SSSR count). The molecule has 2 heterocycles. The lowest BCUT2D eigenvalue weighted by atomic mass is 10.2. The van der Waals surface area contributed by atoms with Crippen LogP contribution in [-0.4, -0.2) is 17.1 Å². The predicted octanol–water partition coefficient (Wildman–Crippen LogP) is 3.12. The second-order valence-corrected chi connectivity index (χ2v) is 3.99. The highest BCUT2D eigenvalue weighted by Crippen LogP contribution is 2.29. The van der Waals surface area contributed by atoms with Crippen molar-refractivity contribution in [2.45, 2.75) is 12.7 Å². The highest BCUT2D eigenvalue weighted by Gasteiger charge is 2.30. The first-order chi connectivity index (χ1) is 9.49. The SMILES string of the molecule is COc1cc(CNc2cc(C(F)(F)F)ccn2)ccn1. The van der Waals surface area contributed by atoms with Gasteiger partial charge in [-0.05, 0) is 23.8 Å². The molecule has 0 aliphatic carbocycles. The molecular formula is C13H12F3N3O. The van der Waals surface area contributed by atoms with Gasteiger partial charge in [-0.25, -0.2) is 9.97 Å². The van der Waals surface area contributed by atoms with Crippen LogP contribution in [0.4, 0.5) is 19.0 Å². The zero-order valence-corrected chi connectivity index (χ0v) is 10.6. The van der Waals surface area contributed by atoms with E-state index in [0.717, 1.165) is 23.9 Å². The predicted molar refractivity (Wildman–Crippen MR) is 67.4 cm³/mol. The molecule has 0 saturated carbocycles. The molecule has 2 aromatic rings. The fraction of sp³-hybridized carbons (Fsp3) is 0.231. The number of anilines is 1. The van der Waals surface area contributed by atoms with E-state index < -0.39 is 11.7 Å². The average molecular weight is 283 g/mol. The van der Waals surface area contributed by atoms with Gasteiger partial charge in [0.25, 0.3) is 0 Å². The van der Waals surface area contributed by atoms with Crippen LogP contribution in [0.5, 0.6) is 5.88 Å². The summed E-state index contributed by atoms with van der Waals surface area (Å²) in [6.07, 6.45) is -1.69. The summed E-state index contributed by atoms with van der Waals surface area (Å²) in [5.41, 5.74) is 0.0957. The number of nitrogens with zero attached hydrogens (tertiary/aromatic N) is 2. The van der Waals surface area contributed by atoms with Crippen molar-refractivity contribution in [3.05, 3.63) is 47.8 Å². The van der Waals surface area contributed by atoms with Crippen LogP contribution < -0.4 is 10.1 Å². The molecule has 0 radical (unpaired) electrons. The van der Waals surface area contributed by atoms with Crippen LogP contribution in [0.2, 0.25) is 0 Å². The van der Waals surface area contributed by atoms with Crippen LogP contribution in [0.1, 0.15) is 11.1 Å². The third kappa shape index (κ3) is 3.59. The van der Waals surface area contributed by atoms with Gasteiger partial charge in [0.1, 0.15) is 5.82 Å². The number of hydrogen-bond acceptors (Lipinski definition) is 4. The zero-order chi connectivity index (χ0) is 14.6. The van der Waals surface area contributed by atoms with E-state index in [9.17, 15) is 13.2 Å². The molecule has 106 valence electrons. The van der Waals surface area contributed by atoms with Gasteiger partial charge >= 0.3 is 6.18 Å². The molecule has 0 saturated heterocycles. The van der Waals surface area contributed by atoms with Gasteiger partial charge in [0, 0.05) is 25.0 Å². The first-order valence-corrected chi connectivity index (χ1v) is 5.75. The Morgan fingerprint density at radius 1 is 1.15 bits per heavy atom. The van der Waals surface area contributed by atoms with Crippen molar-refractivity contribution in [3.8, 4) is 5.88 Å². The van der Waals surface area contributed by atoms with Crippen molar-refractivity contribution >= 4 is 5.82 Å². The number of hydrogen-bond donors (Lipinski definition) is 1. The smallest absolute Gasteiger partial charge is 0.416 e. The van der Waals surface area contributed by atoms with Gasteiger partial charge in [0.15, 0.2) is 0 Å². The molecule has 0 amide bonds. The minimum absolute atomic E-state index is 0.163. The molecule has 0 bridgehead atoms. The summed E-state index contributed by atoms with van der Waals surface area (Å²) in [5, 5.41) is 2.83. The summed E-state index contributed by atoms with van der Waals surface area (Å²) < 4.78 is 42.6. The molecule has 0 aliphatic rings. The minimum Gasteiger partial charge on any atom is -0.481 e. The molecular weight excluding hydrogens is 271 g/mol. The fourth-order valence-electron chi connectivity index (χ4n) is 1.57. The molecule has 0 fully saturated rings. The van der Waals surface area contributed by atoms with Gasteiger partial charge in [0.05, 0.1) is 12.7 Å². The number of ether oxygens (including phenoxy) is 1. The molecule has 1 N–H and O–H groups in total. The summed E-state index contributed by atoms with van der Waals surface area (Å²) in [4.78, 5) is 7.80. The second-order valence-electron chi connectivity index (χ2n) is 3.99. The third-order valence-corrected chi connectivity index (χ3v) is 2.57. The Kier molecular flexibility index (Phi) is 4.07. The summed E-state index contributed by atoms with van der Waals surface area (Å²) in [6.45, 7) is 0.327. The van der Waals surface area contributed by atoms with Crippen LogP contribution in [0.3, 0.4) is 0 Å². The Morgan fingerprint density at radius 2 is 1.90 bits per heavy atom. The van der Waals surface area contributed by atoms with Gasteiger partial charge in [-0.2, -0.15) is 13.2 Å². The van der Waals surface area contributed by atoms with E-state index in [4.69, 9.17) is 4.74 Å². The fourth-order valence-corrected chi connectivity index (χ4v) is 1.57. The van der Waals surface area contributed by atoms with Crippen molar-refractivity contribution in [2.24, 2.45) is 0 Å². The summed E-state index contributed by atoms with van der Waals surface area (Å²) >= 11 is 0. The van der Waals surface area contributed by atoms with Crippen LogP contribution in [0.15, 0.2) is 36.7 Å². The molecule has 0 aromatic carbocycles. The Labute approximate surface area is 113 Å². The Morgan fingerprint density at radius 3 is 2.60 bits per heavy atom. The van der Waals surface area contributed by atoms with Crippen LogP contribution in [0.25, 0.3) is 0 Å². The number of halogens is 3. The standard InChI is InChI=1S/C13H12F3N3O/c1-20-12-6-9(2-4-18-12)8-19-11-7-10(3-5-17-11)13(14,15)16/h2-7H,8H2,1H3,(H,17,19). The first kappa shape index (κ1) is 14.1. The van der Waals surface area contributed by atoms with Crippen molar-refractivity contribution in [2.75, 3.05) is 12.4 Å². The van der Waals surface area contributed by atoms with Crippen molar-refractivity contribution in [1.29, 1.82) is 0 Å². The monoisotopic (exact) mass is 283 g/mol. The number of rotatable bonds is 4. The maximum atomic E-state index is 12.5. The van der Waals surface area contributed by atoms with Crippen LogP contribution in [-0.2, 0) is 12.7 Å². The van der Waals surface area contributed by atoms with Crippen LogP contribution >= 0.6 is 0 Å². The molecule has 4 nitrogen and oxygen atoms in total. The Bertz CT molecular complexity index is 587. The van der Waals surface area contributed by atoms with E-state index >= 15 is 0 Å². The number of alkyl halides is 3. The largest absolute Gasteiger partial charge is 0.481 e. The van der Waals surface area contributed by atoms with Crippen molar-refractivity contribution in [3.63, 3.8) is 0 Å². The topological polar surface area (TPSA) is 47.0 Å². The highest BCUT2D eigenvalue weighted by molar-refractivity contribution is 5.39. The Hall–Kier alpha value is -2.31. The van der Waals surface area contributed by atoms with Gasteiger partial charge in [-0.3, -0.25) is 0 Å². The van der Waals surface area contributed by atoms with E-state index in [2.05, 4.69) is 15.3 Å². The van der Waals surface area contributed by atoms with Gasteiger partial charge in [-0.1, -0.05) is 0 Å². The van der Waals surface area contributed by atoms with E-state index in [1.54, 1.807) is 18.3 Å². The summed E-state index contributed by atoms with van der Waals surface area (Å²) in [5.74, 6) is 0.608. The van der Waals surface area contributed by atoms with Gasteiger partial charge < -0.3 is 10.1 Å². The highest BCUT2D eigenvalue weighted by atomic mass is 19.4. The molecule has 0 atom stereocenters. The van der Waals surface area contributed by atoms with Crippen molar-refractivity contribution < 1.29 is 17.9 Å². The Balaban J connectivity index is 2.07. The van der Waals surface area contributed by atoms with Gasteiger partial charge in [-0.15, -0.1) is 0 Å². The molecule has 2 aromatic heterocycles.